The fraction of sp³-hybridized carbons (Fsp3) is 0.286. The number of carbonyl (C=O) groups is 1. The van der Waals surface area contributed by atoms with Crippen LogP contribution in [0.15, 0.2) is 60.7 Å². The molecule has 0 aliphatic carbocycles. The monoisotopic (exact) mass is 321 g/mol. The Labute approximate surface area is 142 Å². The first-order valence-corrected chi connectivity index (χ1v) is 8.31. The van der Waals surface area contributed by atoms with E-state index in [4.69, 9.17) is 4.74 Å². The Morgan fingerprint density at radius 2 is 1.62 bits per heavy atom. The highest BCUT2D eigenvalue weighted by molar-refractivity contribution is 5.91. The predicted octanol–water partition coefficient (Wildman–Crippen LogP) is 5.21. The molecule has 3 nitrogen and oxygen atoms in total. The summed E-state index contributed by atoms with van der Waals surface area (Å²) in [6, 6.07) is 20.3. The fourth-order valence-electron chi connectivity index (χ4n) is 2.84. The molecule has 0 aliphatic rings. The van der Waals surface area contributed by atoms with Gasteiger partial charge in [0.25, 0.3) is 0 Å². The van der Waals surface area contributed by atoms with Crippen LogP contribution in [0.25, 0.3) is 10.9 Å². The van der Waals surface area contributed by atoms with Gasteiger partial charge < -0.3 is 4.74 Å². The van der Waals surface area contributed by atoms with Crippen LogP contribution in [0.5, 0.6) is 0 Å². The number of rotatable bonds is 3. The molecule has 0 radical (unpaired) electrons. The van der Waals surface area contributed by atoms with Crippen LogP contribution in [-0.2, 0) is 17.6 Å². The number of hydrogen-bond acceptors (Lipinski definition) is 2. The van der Waals surface area contributed by atoms with Gasteiger partial charge in [0.1, 0.15) is 5.60 Å². The molecule has 0 saturated heterocycles. The molecular weight excluding hydrogens is 298 g/mol. The molecule has 0 unspecified atom stereocenters. The smallest absolute Gasteiger partial charge is 0.419 e. The number of benzene rings is 2. The molecule has 24 heavy (non-hydrogen) atoms. The minimum Gasteiger partial charge on any atom is -0.443 e. The zero-order valence-corrected chi connectivity index (χ0v) is 14.5. The van der Waals surface area contributed by atoms with Crippen LogP contribution in [-0.4, -0.2) is 16.3 Å². The van der Waals surface area contributed by atoms with Crippen molar-refractivity contribution in [1.29, 1.82) is 0 Å². The Balaban J connectivity index is 1.94. The maximum Gasteiger partial charge on any atom is 0.419 e. The third kappa shape index (κ3) is 3.67. The van der Waals surface area contributed by atoms with Gasteiger partial charge >= 0.3 is 6.09 Å². The van der Waals surface area contributed by atoms with Gasteiger partial charge in [-0.1, -0.05) is 48.5 Å². The molecule has 0 bridgehead atoms. The number of ether oxygens (including phenoxy) is 1. The molecule has 0 atom stereocenters. The maximum absolute atomic E-state index is 12.7. The van der Waals surface area contributed by atoms with Gasteiger partial charge in [-0.15, -0.1) is 0 Å². The normalized spacial score (nSPS) is 11.6. The zero-order chi connectivity index (χ0) is 17.2. The van der Waals surface area contributed by atoms with Gasteiger partial charge in [-0.05, 0) is 51.3 Å². The average molecular weight is 321 g/mol. The van der Waals surface area contributed by atoms with Crippen LogP contribution in [0.1, 0.15) is 32.0 Å². The van der Waals surface area contributed by atoms with Gasteiger partial charge in [-0.25, -0.2) is 9.36 Å². The minimum absolute atomic E-state index is 0.313. The van der Waals surface area contributed by atoms with Crippen LogP contribution in [0.4, 0.5) is 4.79 Å². The fourth-order valence-corrected chi connectivity index (χ4v) is 2.84. The topological polar surface area (TPSA) is 31.2 Å². The number of nitrogens with zero attached hydrogens (tertiary/aromatic N) is 1. The van der Waals surface area contributed by atoms with Crippen molar-refractivity contribution in [3.8, 4) is 0 Å². The zero-order valence-electron chi connectivity index (χ0n) is 14.5. The molecule has 2 aromatic carbocycles. The van der Waals surface area contributed by atoms with Crippen LogP contribution < -0.4 is 0 Å². The van der Waals surface area contributed by atoms with E-state index in [-0.39, 0.29) is 6.09 Å². The summed E-state index contributed by atoms with van der Waals surface area (Å²) >= 11 is 0. The Bertz CT molecular complexity index is 841. The van der Waals surface area contributed by atoms with E-state index < -0.39 is 5.60 Å². The van der Waals surface area contributed by atoms with Gasteiger partial charge in [-0.3, -0.25) is 0 Å². The highest BCUT2D eigenvalue weighted by Crippen LogP contribution is 2.23. The predicted molar refractivity (Wildman–Crippen MR) is 97.4 cm³/mol. The SMILES string of the molecule is CC(C)(C)OC(=O)n1c(CCc2ccccc2)cc2ccccc21. The second kappa shape index (κ2) is 6.52. The molecule has 0 fully saturated rings. The lowest BCUT2D eigenvalue weighted by atomic mass is 10.1. The summed E-state index contributed by atoms with van der Waals surface area (Å²) in [6.45, 7) is 5.67. The van der Waals surface area contributed by atoms with E-state index in [9.17, 15) is 4.79 Å². The largest absolute Gasteiger partial charge is 0.443 e. The number of carbonyl (C=O) groups excluding carboxylic acids is 1. The molecule has 1 heterocycles. The molecule has 0 N–H and O–H groups in total. The van der Waals surface area contributed by atoms with Crippen LogP contribution in [0, 0.1) is 0 Å². The van der Waals surface area contributed by atoms with Crippen LogP contribution >= 0.6 is 0 Å². The van der Waals surface area contributed by atoms with Gasteiger partial charge in [0.2, 0.25) is 0 Å². The van der Waals surface area contributed by atoms with Gasteiger partial charge in [-0.2, -0.15) is 0 Å². The Kier molecular flexibility index (Phi) is 4.43. The van der Waals surface area contributed by atoms with Crippen LogP contribution in [0.2, 0.25) is 0 Å². The number of aromatic nitrogens is 1. The highest BCUT2D eigenvalue weighted by atomic mass is 16.6. The van der Waals surface area contributed by atoms with Crippen molar-refractivity contribution in [3.05, 3.63) is 71.9 Å². The van der Waals surface area contributed by atoms with Crippen molar-refractivity contribution in [2.24, 2.45) is 0 Å². The molecule has 0 amide bonds. The first kappa shape index (κ1) is 16.3. The van der Waals surface area contributed by atoms with E-state index in [1.165, 1.54) is 5.56 Å². The molecule has 124 valence electrons. The van der Waals surface area contributed by atoms with Crippen LogP contribution in [0.3, 0.4) is 0 Å². The van der Waals surface area contributed by atoms with Crippen molar-refractivity contribution >= 4 is 17.0 Å². The number of aryl methyl sites for hydroxylation is 2. The van der Waals surface area contributed by atoms with E-state index in [0.717, 1.165) is 29.4 Å². The third-order valence-corrected chi connectivity index (χ3v) is 3.88. The van der Waals surface area contributed by atoms with Crippen molar-refractivity contribution in [2.45, 2.75) is 39.2 Å². The standard InChI is InChI=1S/C21H23NO2/c1-21(2,3)24-20(23)22-18(14-13-16-9-5-4-6-10-16)15-17-11-7-8-12-19(17)22/h4-12,15H,13-14H2,1-3H3. The maximum atomic E-state index is 12.7. The van der Waals surface area contributed by atoms with E-state index in [2.05, 4.69) is 18.2 Å². The number of hydrogen-bond donors (Lipinski definition) is 0. The van der Waals surface area contributed by atoms with Crippen molar-refractivity contribution in [2.75, 3.05) is 0 Å². The van der Waals surface area contributed by atoms with Gasteiger partial charge in [0.15, 0.2) is 0 Å². The summed E-state index contributed by atoms with van der Waals surface area (Å²) in [6.07, 6.45) is 1.37. The summed E-state index contributed by atoms with van der Waals surface area (Å²) < 4.78 is 7.32. The number of fused-ring (bicyclic) bond motifs is 1. The minimum atomic E-state index is -0.515. The molecular formula is C21H23NO2. The summed E-state index contributed by atoms with van der Waals surface area (Å²) in [7, 11) is 0. The molecule has 1 aromatic heterocycles. The Morgan fingerprint density at radius 3 is 2.33 bits per heavy atom. The third-order valence-electron chi connectivity index (χ3n) is 3.88. The van der Waals surface area contributed by atoms with Gasteiger partial charge in [0, 0.05) is 11.1 Å². The average Bonchev–Trinajstić information content (AvgIpc) is 2.91. The second-order valence-corrected chi connectivity index (χ2v) is 7.00. The van der Waals surface area contributed by atoms with E-state index in [0.29, 0.717) is 0 Å². The molecule has 3 rings (SSSR count). The van der Waals surface area contributed by atoms with Crippen molar-refractivity contribution in [3.63, 3.8) is 0 Å². The summed E-state index contributed by atoms with van der Waals surface area (Å²) in [5.41, 5.74) is 2.63. The molecule has 3 heteroatoms. The van der Waals surface area contributed by atoms with Crippen molar-refractivity contribution < 1.29 is 9.53 Å². The van der Waals surface area contributed by atoms with Crippen molar-refractivity contribution in [1.82, 2.24) is 4.57 Å². The summed E-state index contributed by atoms with van der Waals surface area (Å²) in [4.78, 5) is 12.7. The highest BCUT2D eigenvalue weighted by Gasteiger charge is 2.21. The Hall–Kier alpha value is -2.55. The lowest BCUT2D eigenvalue weighted by molar-refractivity contribution is 0.0540. The lowest BCUT2D eigenvalue weighted by Gasteiger charge is -2.21. The number of para-hydroxylation sites is 1. The van der Waals surface area contributed by atoms with E-state index in [1.54, 1.807) is 4.57 Å². The first-order chi connectivity index (χ1) is 11.4. The Morgan fingerprint density at radius 1 is 0.958 bits per heavy atom. The second-order valence-electron chi connectivity index (χ2n) is 7.00. The molecule has 0 saturated carbocycles. The van der Waals surface area contributed by atoms with E-state index >= 15 is 0 Å². The van der Waals surface area contributed by atoms with Gasteiger partial charge in [0.05, 0.1) is 5.52 Å². The first-order valence-electron chi connectivity index (χ1n) is 8.31. The lowest BCUT2D eigenvalue weighted by Crippen LogP contribution is -2.28. The van der Waals surface area contributed by atoms with E-state index in [1.807, 2.05) is 63.2 Å². The summed E-state index contributed by atoms with van der Waals surface area (Å²) in [5.74, 6) is 0. The summed E-state index contributed by atoms with van der Waals surface area (Å²) in [5, 5.41) is 1.06. The molecule has 0 spiro atoms. The molecule has 0 aliphatic heterocycles. The molecule has 3 aromatic rings. The quantitative estimate of drug-likeness (QED) is 0.663.